The molecule has 3 rings (SSSR count). The number of nitrogens with one attached hydrogen (secondary N) is 1. The molecule has 1 aromatic heterocycles. The average molecular weight is 272 g/mol. The Morgan fingerprint density at radius 3 is 2.70 bits per heavy atom. The predicted octanol–water partition coefficient (Wildman–Crippen LogP) is 2.00. The molecule has 20 heavy (non-hydrogen) atoms. The van der Waals surface area contributed by atoms with Crippen molar-refractivity contribution < 1.29 is 4.39 Å². The van der Waals surface area contributed by atoms with Crippen LogP contribution in [0.1, 0.15) is 5.56 Å². The fourth-order valence-electron chi connectivity index (χ4n) is 2.38. The van der Waals surface area contributed by atoms with Crippen molar-refractivity contribution in [2.45, 2.75) is 6.92 Å². The first kappa shape index (κ1) is 13.0. The highest BCUT2D eigenvalue weighted by atomic mass is 19.1. The van der Waals surface area contributed by atoms with Gasteiger partial charge in [-0.15, -0.1) is 0 Å². The maximum Gasteiger partial charge on any atom is 0.132 e. The van der Waals surface area contributed by atoms with Gasteiger partial charge in [0.25, 0.3) is 0 Å². The summed E-state index contributed by atoms with van der Waals surface area (Å²) < 4.78 is 13.3. The van der Waals surface area contributed by atoms with Gasteiger partial charge in [-0.25, -0.2) is 14.4 Å². The predicted molar refractivity (Wildman–Crippen MR) is 77.2 cm³/mol. The van der Waals surface area contributed by atoms with Crippen molar-refractivity contribution in [2.75, 3.05) is 31.1 Å². The van der Waals surface area contributed by atoms with E-state index in [0.717, 1.165) is 43.3 Å². The second-order valence-corrected chi connectivity index (χ2v) is 4.96. The Balaban J connectivity index is 1.91. The quantitative estimate of drug-likeness (QED) is 0.908. The molecule has 0 amide bonds. The van der Waals surface area contributed by atoms with Crippen LogP contribution in [0.25, 0.3) is 11.3 Å². The van der Waals surface area contributed by atoms with Gasteiger partial charge in [0.1, 0.15) is 18.0 Å². The second kappa shape index (κ2) is 5.54. The van der Waals surface area contributed by atoms with E-state index in [0.29, 0.717) is 5.56 Å². The number of aryl methyl sites for hydroxylation is 1. The van der Waals surface area contributed by atoms with E-state index in [2.05, 4.69) is 20.2 Å². The van der Waals surface area contributed by atoms with Gasteiger partial charge in [0, 0.05) is 37.8 Å². The van der Waals surface area contributed by atoms with Crippen molar-refractivity contribution in [1.29, 1.82) is 0 Å². The van der Waals surface area contributed by atoms with Crippen LogP contribution in [0, 0.1) is 12.7 Å². The molecule has 0 aliphatic carbocycles. The smallest absolute Gasteiger partial charge is 0.132 e. The van der Waals surface area contributed by atoms with Gasteiger partial charge < -0.3 is 10.2 Å². The Kier molecular flexibility index (Phi) is 3.60. The molecule has 1 aliphatic heterocycles. The number of hydrogen-bond donors (Lipinski definition) is 1. The first-order chi connectivity index (χ1) is 9.74. The van der Waals surface area contributed by atoms with Gasteiger partial charge in [-0.1, -0.05) is 0 Å². The zero-order valence-electron chi connectivity index (χ0n) is 11.4. The second-order valence-electron chi connectivity index (χ2n) is 4.96. The molecule has 1 fully saturated rings. The summed E-state index contributed by atoms with van der Waals surface area (Å²) in [5, 5.41) is 3.32. The van der Waals surface area contributed by atoms with Crippen molar-refractivity contribution in [3.05, 3.63) is 42.0 Å². The number of nitrogens with zero attached hydrogens (tertiary/aromatic N) is 3. The highest BCUT2D eigenvalue weighted by Crippen LogP contribution is 2.22. The van der Waals surface area contributed by atoms with Gasteiger partial charge in [-0.3, -0.25) is 0 Å². The van der Waals surface area contributed by atoms with Crippen molar-refractivity contribution in [3.8, 4) is 11.3 Å². The molecule has 5 heteroatoms. The van der Waals surface area contributed by atoms with E-state index in [1.54, 1.807) is 19.3 Å². The summed E-state index contributed by atoms with van der Waals surface area (Å²) in [6, 6.07) is 7.03. The molecule has 0 radical (unpaired) electrons. The van der Waals surface area contributed by atoms with E-state index in [4.69, 9.17) is 0 Å². The van der Waals surface area contributed by atoms with Crippen LogP contribution < -0.4 is 10.2 Å². The summed E-state index contributed by atoms with van der Waals surface area (Å²) in [6.07, 6.45) is 1.57. The minimum atomic E-state index is -0.190. The molecular weight excluding hydrogens is 255 g/mol. The summed E-state index contributed by atoms with van der Waals surface area (Å²) in [5.41, 5.74) is 2.38. The number of benzene rings is 1. The van der Waals surface area contributed by atoms with Crippen LogP contribution in [0.5, 0.6) is 0 Å². The molecule has 0 unspecified atom stereocenters. The summed E-state index contributed by atoms with van der Waals surface area (Å²) >= 11 is 0. The molecule has 2 heterocycles. The Hall–Kier alpha value is -2.01. The van der Waals surface area contributed by atoms with Gasteiger partial charge in [-0.05, 0) is 30.7 Å². The maximum absolute atomic E-state index is 13.3. The van der Waals surface area contributed by atoms with Gasteiger partial charge in [0.15, 0.2) is 0 Å². The number of aromatic nitrogens is 2. The van der Waals surface area contributed by atoms with Crippen LogP contribution in [0.3, 0.4) is 0 Å². The SMILES string of the molecule is Cc1cc(-c2cc(N3CCNCC3)ncn2)ccc1F. The molecule has 1 aromatic carbocycles. The Morgan fingerprint density at radius 1 is 1.15 bits per heavy atom. The zero-order chi connectivity index (χ0) is 13.9. The van der Waals surface area contributed by atoms with Crippen molar-refractivity contribution >= 4 is 5.82 Å². The van der Waals surface area contributed by atoms with E-state index in [1.807, 2.05) is 12.1 Å². The average Bonchev–Trinajstić information content (AvgIpc) is 2.51. The molecule has 0 atom stereocenters. The summed E-state index contributed by atoms with van der Waals surface area (Å²) in [7, 11) is 0. The number of hydrogen-bond acceptors (Lipinski definition) is 4. The first-order valence-corrected chi connectivity index (χ1v) is 6.78. The maximum atomic E-state index is 13.3. The van der Waals surface area contributed by atoms with Crippen LogP contribution in [0.4, 0.5) is 10.2 Å². The van der Waals surface area contributed by atoms with E-state index < -0.39 is 0 Å². The number of anilines is 1. The fraction of sp³-hybridized carbons (Fsp3) is 0.333. The molecule has 1 aliphatic rings. The summed E-state index contributed by atoms with van der Waals surface area (Å²) in [4.78, 5) is 10.9. The first-order valence-electron chi connectivity index (χ1n) is 6.78. The van der Waals surface area contributed by atoms with E-state index in [1.165, 1.54) is 6.07 Å². The highest BCUT2D eigenvalue weighted by molar-refractivity contribution is 5.63. The Morgan fingerprint density at radius 2 is 1.95 bits per heavy atom. The number of piperazine rings is 1. The minimum Gasteiger partial charge on any atom is -0.354 e. The van der Waals surface area contributed by atoms with Crippen LogP contribution >= 0.6 is 0 Å². The van der Waals surface area contributed by atoms with E-state index >= 15 is 0 Å². The molecule has 1 saturated heterocycles. The van der Waals surface area contributed by atoms with Crippen LogP contribution in [0.2, 0.25) is 0 Å². The zero-order valence-corrected chi connectivity index (χ0v) is 11.4. The lowest BCUT2D eigenvalue weighted by atomic mass is 10.1. The molecule has 0 bridgehead atoms. The molecule has 1 N–H and O–H groups in total. The van der Waals surface area contributed by atoms with Crippen LogP contribution in [-0.4, -0.2) is 36.1 Å². The number of halogens is 1. The lowest BCUT2D eigenvalue weighted by molar-refractivity contribution is 0.584. The van der Waals surface area contributed by atoms with Crippen LogP contribution in [0.15, 0.2) is 30.6 Å². The topological polar surface area (TPSA) is 41.0 Å². The fourth-order valence-corrected chi connectivity index (χ4v) is 2.38. The molecule has 0 saturated carbocycles. The summed E-state index contributed by atoms with van der Waals surface area (Å²) in [5.74, 6) is 0.739. The van der Waals surface area contributed by atoms with Gasteiger partial charge in [0.05, 0.1) is 5.69 Å². The third-order valence-corrected chi connectivity index (χ3v) is 3.55. The largest absolute Gasteiger partial charge is 0.354 e. The third kappa shape index (κ3) is 2.63. The lowest BCUT2D eigenvalue weighted by Gasteiger charge is -2.28. The van der Waals surface area contributed by atoms with Crippen molar-refractivity contribution in [1.82, 2.24) is 15.3 Å². The standard InChI is InChI=1S/C15H17FN4/c1-11-8-12(2-3-13(11)16)14-9-15(19-10-18-14)20-6-4-17-5-7-20/h2-3,8-10,17H,4-7H2,1H3. The van der Waals surface area contributed by atoms with Crippen molar-refractivity contribution in [3.63, 3.8) is 0 Å². The minimum absolute atomic E-state index is 0.190. The molecule has 4 nitrogen and oxygen atoms in total. The monoisotopic (exact) mass is 272 g/mol. The molecular formula is C15H17FN4. The molecule has 2 aromatic rings. The highest BCUT2D eigenvalue weighted by Gasteiger charge is 2.13. The normalized spacial score (nSPS) is 15.4. The molecule has 0 spiro atoms. The third-order valence-electron chi connectivity index (χ3n) is 3.55. The van der Waals surface area contributed by atoms with Gasteiger partial charge in [-0.2, -0.15) is 0 Å². The van der Waals surface area contributed by atoms with Gasteiger partial charge in [0.2, 0.25) is 0 Å². The van der Waals surface area contributed by atoms with E-state index in [-0.39, 0.29) is 5.82 Å². The lowest BCUT2D eigenvalue weighted by Crippen LogP contribution is -2.43. The Bertz CT molecular complexity index is 609. The van der Waals surface area contributed by atoms with Gasteiger partial charge >= 0.3 is 0 Å². The number of rotatable bonds is 2. The van der Waals surface area contributed by atoms with Crippen LogP contribution in [-0.2, 0) is 0 Å². The van der Waals surface area contributed by atoms with Crippen molar-refractivity contribution in [2.24, 2.45) is 0 Å². The summed E-state index contributed by atoms with van der Waals surface area (Å²) in [6.45, 7) is 5.58. The van der Waals surface area contributed by atoms with E-state index in [9.17, 15) is 4.39 Å². The Labute approximate surface area is 117 Å². The molecule has 104 valence electrons.